The van der Waals surface area contributed by atoms with E-state index in [9.17, 15) is 0 Å². The molecule has 0 N–H and O–H groups in total. The smallest absolute Gasteiger partial charge is 0.101 e. The van der Waals surface area contributed by atoms with Crippen LogP contribution < -0.4 is 0 Å². The predicted molar refractivity (Wildman–Crippen MR) is 44.2 cm³/mol. The number of pyridine rings is 1. The summed E-state index contributed by atoms with van der Waals surface area (Å²) in [5.41, 5.74) is 2.76. The van der Waals surface area contributed by atoms with Crippen molar-refractivity contribution in [2.45, 2.75) is 19.3 Å². The largest absolute Gasteiger partial charge is 0.259 e. The maximum absolute atomic E-state index is 8.63. The Hall–Kier alpha value is -1.36. The van der Waals surface area contributed by atoms with Gasteiger partial charge < -0.3 is 0 Å². The van der Waals surface area contributed by atoms with E-state index in [1.54, 1.807) is 6.20 Å². The number of aromatic nitrogens is 1. The van der Waals surface area contributed by atoms with Crippen LogP contribution in [0.5, 0.6) is 0 Å². The zero-order chi connectivity index (χ0) is 8.39. The Kier molecular flexibility index (Phi) is 1.79. The fourth-order valence-corrected chi connectivity index (χ4v) is 1.41. The summed E-state index contributed by atoms with van der Waals surface area (Å²) in [6, 6.07) is 4.00. The summed E-state index contributed by atoms with van der Waals surface area (Å²) < 4.78 is 0. The Balaban J connectivity index is 2.44. The highest BCUT2D eigenvalue weighted by Gasteiger charge is 2.10. The summed E-state index contributed by atoms with van der Waals surface area (Å²) in [7, 11) is 0. The quantitative estimate of drug-likeness (QED) is 0.573. The molecule has 0 amide bonds. The lowest BCUT2D eigenvalue weighted by molar-refractivity contribution is 0.759. The summed E-state index contributed by atoms with van der Waals surface area (Å²) in [6.45, 7) is 0. The molecule has 1 heterocycles. The SMILES string of the molecule is N#Cc1cnc2c(c1)CCC[C]2. The summed E-state index contributed by atoms with van der Waals surface area (Å²) in [6.07, 6.45) is 7.95. The molecule has 2 rings (SSSR count). The highest BCUT2D eigenvalue weighted by atomic mass is 14.7. The Morgan fingerprint density at radius 3 is 3.33 bits per heavy atom. The third-order valence-electron chi connectivity index (χ3n) is 2.01. The average molecular weight is 156 g/mol. The van der Waals surface area contributed by atoms with Crippen molar-refractivity contribution < 1.29 is 0 Å². The van der Waals surface area contributed by atoms with Gasteiger partial charge in [-0.25, -0.2) is 0 Å². The van der Waals surface area contributed by atoms with Gasteiger partial charge in [0.05, 0.1) is 11.3 Å². The molecule has 0 saturated carbocycles. The molecular weight excluding hydrogens is 148 g/mol. The first kappa shape index (κ1) is 7.30. The molecule has 0 bridgehead atoms. The number of hydrogen-bond donors (Lipinski definition) is 0. The molecule has 12 heavy (non-hydrogen) atoms. The van der Waals surface area contributed by atoms with E-state index in [0.717, 1.165) is 25.0 Å². The van der Waals surface area contributed by atoms with Crippen LogP contribution in [0.15, 0.2) is 12.3 Å². The van der Waals surface area contributed by atoms with Crippen molar-refractivity contribution in [2.75, 3.05) is 0 Å². The monoisotopic (exact) mass is 156 g/mol. The second-order valence-corrected chi connectivity index (χ2v) is 2.87. The topological polar surface area (TPSA) is 36.7 Å². The van der Waals surface area contributed by atoms with Crippen LogP contribution in [0.25, 0.3) is 0 Å². The molecule has 0 spiro atoms. The molecule has 0 fully saturated rings. The van der Waals surface area contributed by atoms with Crippen molar-refractivity contribution in [2.24, 2.45) is 0 Å². The second-order valence-electron chi connectivity index (χ2n) is 2.87. The number of aryl methyl sites for hydroxylation is 1. The maximum atomic E-state index is 8.63. The minimum Gasteiger partial charge on any atom is -0.259 e. The number of nitrogens with zero attached hydrogens (tertiary/aromatic N) is 2. The number of nitriles is 1. The highest BCUT2D eigenvalue weighted by Crippen LogP contribution is 2.20. The van der Waals surface area contributed by atoms with Crippen LogP contribution in [0.2, 0.25) is 0 Å². The molecule has 58 valence electrons. The predicted octanol–water partition coefficient (Wildman–Crippen LogP) is 1.72. The van der Waals surface area contributed by atoms with Crippen molar-refractivity contribution in [3.63, 3.8) is 0 Å². The first-order valence-electron chi connectivity index (χ1n) is 4.03. The molecule has 1 aromatic heterocycles. The van der Waals surface area contributed by atoms with Gasteiger partial charge >= 0.3 is 0 Å². The third-order valence-corrected chi connectivity index (χ3v) is 2.01. The fraction of sp³-hybridized carbons (Fsp3) is 0.300. The molecule has 2 radical (unpaired) electrons. The third kappa shape index (κ3) is 1.18. The molecule has 0 aromatic carbocycles. The van der Waals surface area contributed by atoms with Crippen LogP contribution in [0.4, 0.5) is 0 Å². The van der Waals surface area contributed by atoms with Crippen molar-refractivity contribution in [1.82, 2.24) is 4.98 Å². The van der Waals surface area contributed by atoms with Crippen molar-refractivity contribution >= 4 is 0 Å². The normalized spacial score (nSPS) is 14.9. The van der Waals surface area contributed by atoms with Crippen molar-refractivity contribution in [3.05, 3.63) is 35.5 Å². The van der Waals surface area contributed by atoms with Crippen molar-refractivity contribution in [1.29, 1.82) is 5.26 Å². The molecular formula is C10H8N2. The number of rotatable bonds is 0. The van der Waals surface area contributed by atoms with Gasteiger partial charge in [-0.2, -0.15) is 5.26 Å². The van der Waals surface area contributed by atoms with E-state index in [-0.39, 0.29) is 0 Å². The van der Waals surface area contributed by atoms with Crippen LogP contribution in [-0.2, 0) is 6.42 Å². The minimum absolute atomic E-state index is 0.650. The first-order chi connectivity index (χ1) is 5.90. The molecule has 1 aliphatic carbocycles. The molecule has 0 atom stereocenters. The Morgan fingerprint density at radius 2 is 2.50 bits per heavy atom. The average Bonchev–Trinajstić information content (AvgIpc) is 2.17. The molecule has 2 heteroatoms. The molecule has 1 aliphatic rings. The fourth-order valence-electron chi connectivity index (χ4n) is 1.41. The van der Waals surface area contributed by atoms with E-state index >= 15 is 0 Å². The molecule has 1 aromatic rings. The van der Waals surface area contributed by atoms with Gasteiger partial charge in [0.15, 0.2) is 0 Å². The molecule has 0 unspecified atom stereocenters. The lowest BCUT2D eigenvalue weighted by Gasteiger charge is -2.12. The van der Waals surface area contributed by atoms with E-state index in [1.165, 1.54) is 5.56 Å². The number of hydrogen-bond acceptors (Lipinski definition) is 2. The zero-order valence-corrected chi connectivity index (χ0v) is 6.67. The Bertz CT molecular complexity index is 336. The van der Waals surface area contributed by atoms with Crippen LogP contribution in [0.3, 0.4) is 0 Å². The highest BCUT2D eigenvalue weighted by molar-refractivity contribution is 5.37. The van der Waals surface area contributed by atoms with Gasteiger partial charge in [-0.05, 0) is 30.9 Å². The Morgan fingerprint density at radius 1 is 1.58 bits per heavy atom. The summed E-state index contributed by atoms with van der Waals surface area (Å²) >= 11 is 0. The van der Waals surface area contributed by atoms with Gasteiger partial charge in [0, 0.05) is 12.6 Å². The summed E-state index contributed by atoms with van der Waals surface area (Å²) in [5, 5.41) is 8.63. The van der Waals surface area contributed by atoms with E-state index in [2.05, 4.69) is 17.5 Å². The maximum Gasteiger partial charge on any atom is 0.101 e. The zero-order valence-electron chi connectivity index (χ0n) is 6.67. The number of fused-ring (bicyclic) bond motifs is 1. The standard InChI is InChI=1S/C10H8N2/c11-6-8-5-9-3-1-2-4-10(9)12-7-8/h5,7H,1-3H2. The summed E-state index contributed by atoms with van der Waals surface area (Å²) in [5.74, 6) is 0. The molecule has 0 saturated heterocycles. The van der Waals surface area contributed by atoms with Gasteiger partial charge in [0.1, 0.15) is 6.07 Å². The van der Waals surface area contributed by atoms with Crippen LogP contribution >= 0.6 is 0 Å². The molecule has 2 nitrogen and oxygen atoms in total. The second kappa shape index (κ2) is 2.94. The first-order valence-corrected chi connectivity index (χ1v) is 4.03. The molecule has 0 aliphatic heterocycles. The van der Waals surface area contributed by atoms with Crippen molar-refractivity contribution in [3.8, 4) is 6.07 Å². The van der Waals surface area contributed by atoms with Gasteiger partial charge in [0.25, 0.3) is 0 Å². The van der Waals surface area contributed by atoms with E-state index in [4.69, 9.17) is 5.26 Å². The van der Waals surface area contributed by atoms with E-state index < -0.39 is 0 Å². The van der Waals surface area contributed by atoms with Gasteiger partial charge in [-0.1, -0.05) is 0 Å². The van der Waals surface area contributed by atoms with E-state index in [0.29, 0.717) is 5.56 Å². The van der Waals surface area contributed by atoms with Gasteiger partial charge in [-0.3, -0.25) is 4.98 Å². The van der Waals surface area contributed by atoms with E-state index in [1.807, 2.05) is 6.07 Å². The Labute approximate surface area is 71.9 Å². The minimum atomic E-state index is 0.650. The van der Waals surface area contributed by atoms with Crippen LogP contribution in [-0.4, -0.2) is 4.98 Å². The van der Waals surface area contributed by atoms with Crippen LogP contribution in [0.1, 0.15) is 29.7 Å². The summed E-state index contributed by atoms with van der Waals surface area (Å²) in [4.78, 5) is 4.16. The lowest BCUT2D eigenvalue weighted by atomic mass is 9.95. The van der Waals surface area contributed by atoms with Crippen LogP contribution in [0, 0.1) is 17.8 Å². The van der Waals surface area contributed by atoms with Gasteiger partial charge in [0.2, 0.25) is 0 Å². The van der Waals surface area contributed by atoms with Gasteiger partial charge in [-0.15, -0.1) is 0 Å². The lowest BCUT2D eigenvalue weighted by Crippen LogP contribution is -2.03.